The largest absolute Gasteiger partial charge is 0.135 e. The van der Waals surface area contributed by atoms with Gasteiger partial charge in [-0.2, -0.15) is 0 Å². The highest BCUT2D eigenvalue weighted by atomic mass is 32.1. The molecule has 2 aromatic heterocycles. The number of thiophene rings is 2. The van der Waals surface area contributed by atoms with Crippen molar-refractivity contribution in [1.82, 2.24) is 0 Å². The highest BCUT2D eigenvalue weighted by Gasteiger charge is 2.21. The first-order valence-corrected chi connectivity index (χ1v) is 22.2. The highest BCUT2D eigenvalue weighted by Crippen LogP contribution is 2.49. The first-order valence-electron chi connectivity index (χ1n) is 20.6. The van der Waals surface area contributed by atoms with Gasteiger partial charge in [-0.05, 0) is 130 Å². The second kappa shape index (κ2) is 13.2. The molecule has 0 amide bonds. The van der Waals surface area contributed by atoms with Crippen molar-refractivity contribution in [2.24, 2.45) is 0 Å². The number of hydrogen-bond acceptors (Lipinski definition) is 2. The summed E-state index contributed by atoms with van der Waals surface area (Å²) in [7, 11) is 0. The van der Waals surface area contributed by atoms with E-state index in [1.54, 1.807) is 0 Å². The number of fused-ring (bicyclic) bond motifs is 10. The Bertz CT molecular complexity index is 3530. The molecule has 0 bridgehead atoms. The summed E-state index contributed by atoms with van der Waals surface area (Å²) < 4.78 is 5.32. The lowest BCUT2D eigenvalue weighted by Crippen LogP contribution is -1.93. The summed E-state index contributed by atoms with van der Waals surface area (Å²) in [6, 6.07) is 77.1. The molecule has 2 heteroatoms. The lowest BCUT2D eigenvalue weighted by Gasteiger charge is -2.20. The Labute approximate surface area is 354 Å². The molecule has 278 valence electrons. The van der Waals surface area contributed by atoms with Crippen LogP contribution in [0.2, 0.25) is 0 Å². The van der Waals surface area contributed by atoms with Crippen molar-refractivity contribution >= 4 is 106 Å². The zero-order valence-corrected chi connectivity index (χ0v) is 34.1. The minimum Gasteiger partial charge on any atom is -0.135 e. The minimum atomic E-state index is 1.22. The second-order valence-electron chi connectivity index (χ2n) is 15.9. The molecule has 0 fully saturated rings. The fraction of sp³-hybridized carbons (Fsp3) is 0. The van der Waals surface area contributed by atoms with Crippen LogP contribution in [0.1, 0.15) is 0 Å². The van der Waals surface area contributed by atoms with E-state index in [1.165, 1.54) is 128 Å². The van der Waals surface area contributed by atoms with E-state index < -0.39 is 0 Å². The van der Waals surface area contributed by atoms with Gasteiger partial charge in [0, 0.05) is 40.3 Å². The van der Waals surface area contributed by atoms with Gasteiger partial charge in [0.25, 0.3) is 0 Å². The van der Waals surface area contributed by atoms with E-state index in [-0.39, 0.29) is 0 Å². The molecule has 0 nitrogen and oxygen atoms in total. The summed E-state index contributed by atoms with van der Waals surface area (Å²) >= 11 is 3.75. The predicted octanol–water partition coefficient (Wildman–Crippen LogP) is 17.7. The molecule has 0 spiro atoms. The van der Waals surface area contributed by atoms with Gasteiger partial charge in [-0.15, -0.1) is 22.7 Å². The molecule has 13 rings (SSSR count). The normalized spacial score (nSPS) is 12.0. The van der Waals surface area contributed by atoms with Gasteiger partial charge >= 0.3 is 0 Å². The summed E-state index contributed by atoms with van der Waals surface area (Å²) in [6.07, 6.45) is 0. The maximum Gasteiger partial charge on any atom is 0.0355 e. The molecular formula is C58H34S2. The molecule has 60 heavy (non-hydrogen) atoms. The van der Waals surface area contributed by atoms with Crippen molar-refractivity contribution in [2.45, 2.75) is 0 Å². The fourth-order valence-corrected chi connectivity index (χ4v) is 12.3. The van der Waals surface area contributed by atoms with Crippen molar-refractivity contribution in [2.75, 3.05) is 0 Å². The molecule has 0 aliphatic rings. The molecule has 0 radical (unpaired) electrons. The second-order valence-corrected chi connectivity index (χ2v) is 18.0. The zero-order chi connectivity index (χ0) is 39.3. The van der Waals surface area contributed by atoms with Gasteiger partial charge < -0.3 is 0 Å². The van der Waals surface area contributed by atoms with E-state index in [9.17, 15) is 0 Å². The van der Waals surface area contributed by atoms with E-state index in [2.05, 4.69) is 206 Å². The van der Waals surface area contributed by atoms with Crippen LogP contribution in [0.25, 0.3) is 128 Å². The van der Waals surface area contributed by atoms with E-state index in [0.29, 0.717) is 0 Å². The van der Waals surface area contributed by atoms with Crippen molar-refractivity contribution < 1.29 is 0 Å². The maximum absolute atomic E-state index is 2.44. The Morgan fingerprint density at radius 3 is 0.783 bits per heavy atom. The van der Waals surface area contributed by atoms with Crippen LogP contribution in [0.5, 0.6) is 0 Å². The molecule has 0 N–H and O–H groups in total. The Morgan fingerprint density at radius 2 is 0.450 bits per heavy atom. The molecule has 13 aromatic rings. The number of hydrogen-bond donors (Lipinski definition) is 0. The van der Waals surface area contributed by atoms with E-state index >= 15 is 0 Å². The molecule has 11 aromatic carbocycles. The lowest BCUT2D eigenvalue weighted by molar-refractivity contribution is 1.64. The zero-order valence-electron chi connectivity index (χ0n) is 32.4. The molecular weight excluding hydrogens is 761 g/mol. The van der Waals surface area contributed by atoms with E-state index in [4.69, 9.17) is 0 Å². The van der Waals surface area contributed by atoms with E-state index in [1.807, 2.05) is 22.7 Å². The average Bonchev–Trinajstić information content (AvgIpc) is 3.87. The first-order chi connectivity index (χ1) is 29.8. The smallest absolute Gasteiger partial charge is 0.0355 e. The first kappa shape index (κ1) is 33.8. The number of rotatable bonds is 4. The molecule has 0 aliphatic heterocycles. The SMILES string of the molecule is c1cc(-c2c3ccccc3c(-c3ccc4sc5ccccc5c4c3)c3ccccc23)cc(-c2c3ccccc3c(-c3ccc4sc5ccccc5c4c3)c3ccccc23)c1. The van der Waals surface area contributed by atoms with Crippen molar-refractivity contribution in [1.29, 1.82) is 0 Å². The summed E-state index contributed by atoms with van der Waals surface area (Å²) in [5, 5.41) is 15.4. The van der Waals surface area contributed by atoms with Gasteiger partial charge in [-0.3, -0.25) is 0 Å². The van der Waals surface area contributed by atoms with Gasteiger partial charge in [0.1, 0.15) is 0 Å². The third-order valence-electron chi connectivity index (χ3n) is 12.6. The van der Waals surface area contributed by atoms with Gasteiger partial charge in [-0.1, -0.05) is 164 Å². The molecule has 0 unspecified atom stereocenters. The Morgan fingerprint density at radius 1 is 0.183 bits per heavy atom. The monoisotopic (exact) mass is 794 g/mol. The summed E-state index contributed by atoms with van der Waals surface area (Å²) in [6.45, 7) is 0. The quantitative estimate of drug-likeness (QED) is 0.156. The molecule has 0 saturated heterocycles. The van der Waals surface area contributed by atoms with Gasteiger partial charge in [0.2, 0.25) is 0 Å². The number of benzene rings is 11. The van der Waals surface area contributed by atoms with Gasteiger partial charge in [0.15, 0.2) is 0 Å². The average molecular weight is 795 g/mol. The van der Waals surface area contributed by atoms with Crippen LogP contribution >= 0.6 is 22.7 Å². The molecule has 2 heterocycles. The third kappa shape index (κ3) is 5.02. The van der Waals surface area contributed by atoms with Crippen LogP contribution in [0.4, 0.5) is 0 Å². The Balaban J connectivity index is 1.04. The molecule has 0 saturated carbocycles. The summed E-state index contributed by atoms with van der Waals surface area (Å²) in [5.74, 6) is 0. The highest BCUT2D eigenvalue weighted by molar-refractivity contribution is 7.26. The van der Waals surface area contributed by atoms with Crippen LogP contribution in [0.3, 0.4) is 0 Å². The van der Waals surface area contributed by atoms with Crippen LogP contribution in [0, 0.1) is 0 Å². The van der Waals surface area contributed by atoms with Crippen LogP contribution in [-0.4, -0.2) is 0 Å². The summed E-state index contributed by atoms with van der Waals surface area (Å²) in [5.41, 5.74) is 10.1. The van der Waals surface area contributed by atoms with E-state index in [0.717, 1.165) is 0 Å². The van der Waals surface area contributed by atoms with Crippen LogP contribution in [-0.2, 0) is 0 Å². The standard InChI is InChI=1S/C58H34S2/c1-5-22-45-41(18-1)55(42-19-2-6-23-46(42)57(45)37-28-30-53-49(33-37)39-16-9-11-26-51(39)59-53)35-14-13-15-36(32-35)56-43-20-3-7-24-47(43)58(48-25-8-4-21-44(48)56)38-29-31-54-50(34-38)40-17-10-12-27-52(40)60-54/h1-34H. The van der Waals surface area contributed by atoms with Crippen LogP contribution in [0.15, 0.2) is 206 Å². The topological polar surface area (TPSA) is 0 Å². The molecule has 0 aliphatic carbocycles. The van der Waals surface area contributed by atoms with Crippen molar-refractivity contribution in [3.8, 4) is 44.5 Å². The minimum absolute atomic E-state index is 1.22. The Hall–Kier alpha value is -7.10. The maximum atomic E-state index is 2.44. The Kier molecular flexibility index (Phi) is 7.45. The third-order valence-corrected chi connectivity index (χ3v) is 14.9. The molecule has 0 atom stereocenters. The fourth-order valence-electron chi connectivity index (χ4n) is 10.1. The lowest BCUT2D eigenvalue weighted by atomic mass is 9.83. The van der Waals surface area contributed by atoms with Gasteiger partial charge in [-0.25, -0.2) is 0 Å². The van der Waals surface area contributed by atoms with Crippen molar-refractivity contribution in [3.05, 3.63) is 206 Å². The summed E-state index contributed by atoms with van der Waals surface area (Å²) in [4.78, 5) is 0. The van der Waals surface area contributed by atoms with Crippen LogP contribution < -0.4 is 0 Å². The van der Waals surface area contributed by atoms with Crippen molar-refractivity contribution in [3.63, 3.8) is 0 Å². The van der Waals surface area contributed by atoms with Gasteiger partial charge in [0.05, 0.1) is 0 Å². The predicted molar refractivity (Wildman–Crippen MR) is 264 cm³/mol.